The maximum Gasteiger partial charge on any atom is 0.0625 e. The Bertz CT molecular complexity index is 434. The summed E-state index contributed by atoms with van der Waals surface area (Å²) in [6.45, 7) is 12.8. The molecule has 4 heteroatoms. The van der Waals surface area contributed by atoms with E-state index < -0.39 is 0 Å². The van der Waals surface area contributed by atoms with Crippen LogP contribution in [0.3, 0.4) is 0 Å². The molecular weight excluding hydrogens is 264 g/mol. The third-order valence-electron chi connectivity index (χ3n) is 4.27. The summed E-state index contributed by atoms with van der Waals surface area (Å²) in [5.74, 6) is 0. The fraction of sp³-hybridized carbons (Fsp3) is 0.824. The van der Waals surface area contributed by atoms with Crippen LogP contribution in [0.1, 0.15) is 71.8 Å². The molecule has 1 aromatic heterocycles. The van der Waals surface area contributed by atoms with Crippen LogP contribution in [0.2, 0.25) is 0 Å². The Hall–Kier alpha value is -0.870. The standard InChI is InChI=1S/C15H26N2O2.C2H6/c1-5-11-6-13(14(2,3)4)17(16-11)12-7-15(8-12,9-18)10-19;1-2/h6,12,18-19H,5,7-10H2,1-4H3;1-2H3. The van der Waals surface area contributed by atoms with E-state index in [0.717, 1.165) is 25.0 Å². The summed E-state index contributed by atoms with van der Waals surface area (Å²) in [4.78, 5) is 0. The quantitative estimate of drug-likeness (QED) is 0.897. The highest BCUT2D eigenvalue weighted by Crippen LogP contribution is 2.48. The maximum absolute atomic E-state index is 9.39. The van der Waals surface area contributed by atoms with Crippen LogP contribution in [0, 0.1) is 5.41 Å². The van der Waals surface area contributed by atoms with Gasteiger partial charge in [-0.05, 0) is 25.3 Å². The average molecular weight is 296 g/mol. The van der Waals surface area contributed by atoms with Gasteiger partial charge in [-0.15, -0.1) is 0 Å². The van der Waals surface area contributed by atoms with Crippen molar-refractivity contribution in [1.29, 1.82) is 0 Å². The fourth-order valence-electron chi connectivity index (χ4n) is 2.88. The van der Waals surface area contributed by atoms with Crippen molar-refractivity contribution in [2.75, 3.05) is 13.2 Å². The summed E-state index contributed by atoms with van der Waals surface area (Å²) >= 11 is 0. The molecule has 1 heterocycles. The zero-order valence-corrected chi connectivity index (χ0v) is 14.5. The Balaban J connectivity index is 0.00000106. The van der Waals surface area contributed by atoms with Crippen molar-refractivity contribution in [1.82, 2.24) is 9.78 Å². The van der Waals surface area contributed by atoms with Crippen molar-refractivity contribution < 1.29 is 10.2 Å². The van der Waals surface area contributed by atoms with Crippen molar-refractivity contribution in [2.24, 2.45) is 5.41 Å². The van der Waals surface area contributed by atoms with E-state index in [9.17, 15) is 10.2 Å². The van der Waals surface area contributed by atoms with Gasteiger partial charge in [0, 0.05) is 16.5 Å². The number of hydrogen-bond acceptors (Lipinski definition) is 3. The van der Waals surface area contributed by atoms with Gasteiger partial charge in [0.1, 0.15) is 0 Å². The lowest BCUT2D eigenvalue weighted by Gasteiger charge is -2.46. The summed E-state index contributed by atoms with van der Waals surface area (Å²) < 4.78 is 2.13. The van der Waals surface area contributed by atoms with Gasteiger partial charge in [0.05, 0.1) is 24.9 Å². The molecule has 1 saturated carbocycles. The molecule has 0 unspecified atom stereocenters. The van der Waals surface area contributed by atoms with Crippen LogP contribution in [0.4, 0.5) is 0 Å². The van der Waals surface area contributed by atoms with Crippen molar-refractivity contribution in [3.8, 4) is 0 Å². The molecule has 0 spiro atoms. The molecule has 0 radical (unpaired) electrons. The van der Waals surface area contributed by atoms with Crippen molar-refractivity contribution >= 4 is 0 Å². The average Bonchev–Trinajstić information content (AvgIpc) is 2.85. The smallest absolute Gasteiger partial charge is 0.0625 e. The third kappa shape index (κ3) is 3.67. The normalized spacial score (nSPS) is 17.9. The van der Waals surface area contributed by atoms with Gasteiger partial charge in [0.15, 0.2) is 0 Å². The number of hydrogen-bond donors (Lipinski definition) is 2. The Morgan fingerprint density at radius 1 is 1.24 bits per heavy atom. The van der Waals surface area contributed by atoms with Crippen LogP contribution in [0.15, 0.2) is 6.07 Å². The number of nitrogens with zero attached hydrogens (tertiary/aromatic N) is 2. The minimum Gasteiger partial charge on any atom is -0.396 e. The first-order valence-electron chi connectivity index (χ1n) is 8.16. The largest absolute Gasteiger partial charge is 0.396 e. The topological polar surface area (TPSA) is 58.3 Å². The number of aryl methyl sites for hydroxylation is 1. The van der Waals surface area contributed by atoms with E-state index >= 15 is 0 Å². The van der Waals surface area contributed by atoms with E-state index in [-0.39, 0.29) is 24.0 Å². The second-order valence-electron chi connectivity index (χ2n) is 6.95. The van der Waals surface area contributed by atoms with Crippen LogP contribution in [0.5, 0.6) is 0 Å². The Labute approximate surface area is 129 Å². The van der Waals surface area contributed by atoms with E-state index in [1.807, 2.05) is 13.8 Å². The number of aliphatic hydroxyl groups is 2. The SMILES string of the molecule is CC.CCc1cc(C(C)(C)C)n(C2CC(CO)(CO)C2)n1. The second kappa shape index (κ2) is 6.93. The first-order valence-corrected chi connectivity index (χ1v) is 8.16. The van der Waals surface area contributed by atoms with Crippen LogP contribution < -0.4 is 0 Å². The zero-order chi connectivity index (χ0) is 16.3. The third-order valence-corrected chi connectivity index (χ3v) is 4.27. The van der Waals surface area contributed by atoms with Crippen LogP contribution in [-0.2, 0) is 11.8 Å². The molecule has 0 aromatic carbocycles. The summed E-state index contributed by atoms with van der Waals surface area (Å²) in [6, 6.07) is 2.51. The van der Waals surface area contributed by atoms with Crippen LogP contribution in [-0.4, -0.2) is 33.2 Å². The summed E-state index contributed by atoms with van der Waals surface area (Å²) in [7, 11) is 0. The monoisotopic (exact) mass is 296 g/mol. The van der Waals surface area contributed by atoms with Gasteiger partial charge in [-0.1, -0.05) is 41.5 Å². The highest BCUT2D eigenvalue weighted by Gasteiger charge is 2.45. The Morgan fingerprint density at radius 3 is 2.14 bits per heavy atom. The molecule has 1 aliphatic carbocycles. The van der Waals surface area contributed by atoms with Gasteiger partial charge >= 0.3 is 0 Å². The molecule has 1 aliphatic rings. The molecule has 122 valence electrons. The van der Waals surface area contributed by atoms with E-state index in [2.05, 4.69) is 38.4 Å². The van der Waals surface area contributed by atoms with Gasteiger partial charge in [0.25, 0.3) is 0 Å². The second-order valence-corrected chi connectivity index (χ2v) is 6.95. The van der Waals surface area contributed by atoms with E-state index in [0.29, 0.717) is 6.04 Å². The lowest BCUT2D eigenvalue weighted by atomic mass is 9.66. The van der Waals surface area contributed by atoms with Crippen molar-refractivity contribution in [3.63, 3.8) is 0 Å². The van der Waals surface area contributed by atoms with Crippen LogP contribution >= 0.6 is 0 Å². The van der Waals surface area contributed by atoms with E-state index in [1.165, 1.54) is 5.69 Å². The fourth-order valence-corrected chi connectivity index (χ4v) is 2.88. The van der Waals surface area contributed by atoms with Gasteiger partial charge in [-0.3, -0.25) is 4.68 Å². The molecule has 0 atom stereocenters. The van der Waals surface area contributed by atoms with Gasteiger partial charge < -0.3 is 10.2 Å². The lowest BCUT2D eigenvalue weighted by Crippen LogP contribution is -2.45. The maximum atomic E-state index is 9.39. The minimum atomic E-state index is -0.294. The lowest BCUT2D eigenvalue weighted by molar-refractivity contribution is -0.0476. The molecule has 2 rings (SSSR count). The summed E-state index contributed by atoms with van der Waals surface area (Å²) in [5, 5.41) is 23.5. The molecule has 4 nitrogen and oxygen atoms in total. The first-order chi connectivity index (χ1) is 9.85. The molecule has 21 heavy (non-hydrogen) atoms. The molecule has 1 fully saturated rings. The first kappa shape index (κ1) is 18.2. The molecule has 0 saturated heterocycles. The van der Waals surface area contributed by atoms with Crippen molar-refractivity contribution in [3.05, 3.63) is 17.5 Å². The minimum absolute atomic E-state index is 0.0623. The molecule has 1 aromatic rings. The van der Waals surface area contributed by atoms with Crippen molar-refractivity contribution in [2.45, 2.75) is 72.3 Å². The summed E-state index contributed by atoms with van der Waals surface area (Å²) in [6.07, 6.45) is 2.57. The van der Waals surface area contributed by atoms with Gasteiger partial charge in [-0.25, -0.2) is 0 Å². The predicted octanol–water partition coefficient (Wildman–Crippen LogP) is 3.08. The van der Waals surface area contributed by atoms with Gasteiger partial charge in [0.2, 0.25) is 0 Å². The molecule has 0 bridgehead atoms. The van der Waals surface area contributed by atoms with E-state index in [4.69, 9.17) is 5.10 Å². The molecule has 0 amide bonds. The Morgan fingerprint density at radius 2 is 1.76 bits per heavy atom. The highest BCUT2D eigenvalue weighted by molar-refractivity contribution is 5.20. The number of aromatic nitrogens is 2. The number of rotatable bonds is 4. The predicted molar refractivity (Wildman–Crippen MR) is 86.5 cm³/mol. The molecular formula is C17H32N2O2. The van der Waals surface area contributed by atoms with Gasteiger partial charge in [-0.2, -0.15) is 5.10 Å². The molecule has 0 aliphatic heterocycles. The molecule has 2 N–H and O–H groups in total. The zero-order valence-electron chi connectivity index (χ0n) is 14.5. The Kier molecular flexibility index (Phi) is 6.00. The highest BCUT2D eigenvalue weighted by atomic mass is 16.3. The summed E-state index contributed by atoms with van der Waals surface area (Å²) in [5.41, 5.74) is 2.14. The van der Waals surface area contributed by atoms with Crippen LogP contribution in [0.25, 0.3) is 0 Å². The number of aliphatic hydroxyl groups excluding tert-OH is 2. The van der Waals surface area contributed by atoms with E-state index in [1.54, 1.807) is 0 Å².